The van der Waals surface area contributed by atoms with Crippen LogP contribution in [0.15, 0.2) is 40.9 Å². The molecule has 0 unspecified atom stereocenters. The topological polar surface area (TPSA) is 21.3 Å². The molecule has 2 aromatic carbocycles. The molecule has 2 aromatic rings. The summed E-state index contributed by atoms with van der Waals surface area (Å²) in [6.45, 7) is 0.835. The number of halogens is 3. The van der Waals surface area contributed by atoms with Gasteiger partial charge in [0.25, 0.3) is 0 Å². The largest absolute Gasteiger partial charge is 0.381 e. The van der Waals surface area contributed by atoms with E-state index in [1.54, 1.807) is 13.2 Å². The van der Waals surface area contributed by atoms with Gasteiger partial charge in [0.05, 0.1) is 6.61 Å². The summed E-state index contributed by atoms with van der Waals surface area (Å²) in [7, 11) is 1.64. The third-order valence-electron chi connectivity index (χ3n) is 2.88. The number of anilines is 1. The first-order chi connectivity index (χ1) is 9.61. The molecule has 0 aliphatic heterocycles. The Labute approximate surface area is 131 Å². The van der Waals surface area contributed by atoms with E-state index in [4.69, 9.17) is 16.3 Å². The normalized spacial score (nSPS) is 10.6. The summed E-state index contributed by atoms with van der Waals surface area (Å²) >= 11 is 9.37. The molecule has 0 spiro atoms. The molecule has 0 saturated heterocycles. The number of hydrogen-bond acceptors (Lipinski definition) is 2. The third kappa shape index (κ3) is 3.72. The molecule has 0 aliphatic carbocycles. The average molecular weight is 359 g/mol. The lowest BCUT2D eigenvalue weighted by atomic mass is 10.1. The lowest BCUT2D eigenvalue weighted by molar-refractivity contribution is 0.185. The van der Waals surface area contributed by atoms with E-state index < -0.39 is 0 Å². The quantitative estimate of drug-likeness (QED) is 0.812. The summed E-state index contributed by atoms with van der Waals surface area (Å²) in [5, 5.41) is 3.74. The fraction of sp³-hybridized carbons (Fsp3) is 0.200. The monoisotopic (exact) mass is 357 g/mol. The van der Waals surface area contributed by atoms with Crippen molar-refractivity contribution in [2.75, 3.05) is 12.4 Å². The highest BCUT2D eigenvalue weighted by Gasteiger charge is 2.08. The number of benzene rings is 2. The molecule has 0 fully saturated rings. The van der Waals surface area contributed by atoms with Gasteiger partial charge in [0.1, 0.15) is 5.82 Å². The van der Waals surface area contributed by atoms with Crippen LogP contribution < -0.4 is 5.32 Å². The molecule has 0 radical (unpaired) electrons. The number of hydrogen-bond donors (Lipinski definition) is 1. The first-order valence-electron chi connectivity index (χ1n) is 6.06. The van der Waals surface area contributed by atoms with Crippen LogP contribution in [0.5, 0.6) is 0 Å². The standard InChI is InChI=1S/C15H14BrClFNO/c1-20-9-12-13(16)3-2-4-15(12)19-8-10-7-11(17)5-6-14(10)18/h2-7,19H,8-9H2,1H3. The summed E-state index contributed by atoms with van der Waals surface area (Å²) in [5.41, 5.74) is 2.43. The molecule has 0 saturated carbocycles. The van der Waals surface area contributed by atoms with Gasteiger partial charge in [-0.05, 0) is 30.3 Å². The van der Waals surface area contributed by atoms with E-state index in [-0.39, 0.29) is 5.82 Å². The van der Waals surface area contributed by atoms with Crippen molar-refractivity contribution in [2.45, 2.75) is 13.2 Å². The van der Waals surface area contributed by atoms with Crippen molar-refractivity contribution >= 4 is 33.2 Å². The second kappa shape index (κ2) is 7.07. The predicted octanol–water partition coefficient (Wildman–Crippen LogP) is 5.00. The highest BCUT2D eigenvalue weighted by Crippen LogP contribution is 2.26. The van der Waals surface area contributed by atoms with Gasteiger partial charge in [-0.25, -0.2) is 4.39 Å². The first-order valence-corrected chi connectivity index (χ1v) is 7.23. The van der Waals surface area contributed by atoms with Crippen molar-refractivity contribution in [3.05, 3.63) is 62.8 Å². The van der Waals surface area contributed by atoms with E-state index >= 15 is 0 Å². The van der Waals surface area contributed by atoms with Gasteiger partial charge in [0.15, 0.2) is 0 Å². The molecule has 106 valence electrons. The van der Waals surface area contributed by atoms with Gasteiger partial charge < -0.3 is 10.1 Å². The fourth-order valence-electron chi connectivity index (χ4n) is 1.88. The molecule has 0 aromatic heterocycles. The summed E-state index contributed by atoms with van der Waals surface area (Å²) in [4.78, 5) is 0. The Bertz CT molecular complexity index is 606. The van der Waals surface area contributed by atoms with Crippen molar-refractivity contribution in [3.63, 3.8) is 0 Å². The highest BCUT2D eigenvalue weighted by molar-refractivity contribution is 9.10. The van der Waals surface area contributed by atoms with Crippen molar-refractivity contribution in [1.82, 2.24) is 0 Å². The Morgan fingerprint density at radius 3 is 2.85 bits per heavy atom. The van der Waals surface area contributed by atoms with Gasteiger partial charge in [-0.15, -0.1) is 0 Å². The second-order valence-corrected chi connectivity index (χ2v) is 5.58. The van der Waals surface area contributed by atoms with E-state index in [0.717, 1.165) is 15.7 Å². The predicted molar refractivity (Wildman–Crippen MR) is 83.6 cm³/mol. The average Bonchev–Trinajstić information content (AvgIpc) is 2.43. The van der Waals surface area contributed by atoms with Crippen LogP contribution in [0.2, 0.25) is 5.02 Å². The third-order valence-corrected chi connectivity index (χ3v) is 3.86. The zero-order valence-electron chi connectivity index (χ0n) is 10.9. The molecule has 20 heavy (non-hydrogen) atoms. The molecular weight excluding hydrogens is 345 g/mol. The zero-order valence-corrected chi connectivity index (χ0v) is 13.3. The second-order valence-electron chi connectivity index (χ2n) is 4.29. The first kappa shape index (κ1) is 15.3. The van der Waals surface area contributed by atoms with E-state index in [0.29, 0.717) is 23.7 Å². The maximum absolute atomic E-state index is 13.7. The Morgan fingerprint density at radius 1 is 1.30 bits per heavy atom. The fourth-order valence-corrected chi connectivity index (χ4v) is 2.56. The minimum atomic E-state index is -0.273. The Kier molecular flexibility index (Phi) is 5.40. The summed E-state index contributed by atoms with van der Waals surface area (Å²) < 4.78 is 19.8. The van der Waals surface area contributed by atoms with Crippen LogP contribution in [0.25, 0.3) is 0 Å². The van der Waals surface area contributed by atoms with Gasteiger partial charge in [0, 0.05) is 40.0 Å². The van der Waals surface area contributed by atoms with Gasteiger partial charge in [-0.3, -0.25) is 0 Å². The Balaban J connectivity index is 2.18. The van der Waals surface area contributed by atoms with Crippen LogP contribution in [0, 0.1) is 5.82 Å². The van der Waals surface area contributed by atoms with Gasteiger partial charge in [-0.2, -0.15) is 0 Å². The van der Waals surface area contributed by atoms with Gasteiger partial charge in [0.2, 0.25) is 0 Å². The molecule has 0 atom stereocenters. The maximum Gasteiger partial charge on any atom is 0.128 e. The highest BCUT2D eigenvalue weighted by atomic mass is 79.9. The smallest absolute Gasteiger partial charge is 0.128 e. The van der Waals surface area contributed by atoms with Crippen LogP contribution in [-0.2, 0) is 17.9 Å². The molecule has 0 heterocycles. The molecular formula is C15H14BrClFNO. The summed E-state index contributed by atoms with van der Waals surface area (Å²) in [6.07, 6.45) is 0. The lowest BCUT2D eigenvalue weighted by Gasteiger charge is -2.13. The number of nitrogens with one attached hydrogen (secondary N) is 1. The molecule has 0 aliphatic rings. The summed E-state index contributed by atoms with van der Waals surface area (Å²) in [5.74, 6) is -0.273. The van der Waals surface area contributed by atoms with Crippen LogP contribution >= 0.6 is 27.5 Å². The molecule has 2 nitrogen and oxygen atoms in total. The molecule has 5 heteroatoms. The van der Waals surface area contributed by atoms with Gasteiger partial charge in [-0.1, -0.05) is 33.6 Å². The van der Waals surface area contributed by atoms with Crippen molar-refractivity contribution in [3.8, 4) is 0 Å². The molecule has 0 amide bonds. The molecule has 1 N–H and O–H groups in total. The van der Waals surface area contributed by atoms with Crippen molar-refractivity contribution in [1.29, 1.82) is 0 Å². The minimum absolute atomic E-state index is 0.273. The Hall–Kier alpha value is -1.10. The molecule has 0 bridgehead atoms. The number of rotatable bonds is 5. The molecule has 2 rings (SSSR count). The van der Waals surface area contributed by atoms with Gasteiger partial charge >= 0.3 is 0 Å². The zero-order chi connectivity index (χ0) is 14.5. The van der Waals surface area contributed by atoms with Crippen molar-refractivity contribution < 1.29 is 9.13 Å². The van der Waals surface area contributed by atoms with E-state index in [1.165, 1.54) is 12.1 Å². The SMILES string of the molecule is COCc1c(Br)cccc1NCc1cc(Cl)ccc1F. The number of ether oxygens (including phenoxy) is 1. The van der Waals surface area contributed by atoms with E-state index in [9.17, 15) is 4.39 Å². The lowest BCUT2D eigenvalue weighted by Crippen LogP contribution is -2.05. The Morgan fingerprint density at radius 2 is 2.10 bits per heavy atom. The van der Waals surface area contributed by atoms with E-state index in [1.807, 2.05) is 18.2 Å². The van der Waals surface area contributed by atoms with Crippen LogP contribution in [0.3, 0.4) is 0 Å². The maximum atomic E-state index is 13.7. The number of methoxy groups -OCH3 is 1. The summed E-state index contributed by atoms with van der Waals surface area (Å²) in [6, 6.07) is 10.3. The van der Waals surface area contributed by atoms with Crippen LogP contribution in [0.4, 0.5) is 10.1 Å². The minimum Gasteiger partial charge on any atom is -0.381 e. The van der Waals surface area contributed by atoms with Crippen molar-refractivity contribution in [2.24, 2.45) is 0 Å². The van der Waals surface area contributed by atoms with Crippen LogP contribution in [0.1, 0.15) is 11.1 Å². The van der Waals surface area contributed by atoms with Crippen LogP contribution in [-0.4, -0.2) is 7.11 Å². The van der Waals surface area contributed by atoms with E-state index in [2.05, 4.69) is 21.2 Å².